The summed E-state index contributed by atoms with van der Waals surface area (Å²) in [5.74, 6) is 1.43. The predicted molar refractivity (Wildman–Crippen MR) is 70.2 cm³/mol. The summed E-state index contributed by atoms with van der Waals surface area (Å²) < 4.78 is 5.29. The minimum atomic E-state index is -0.0437. The first-order chi connectivity index (χ1) is 8.66. The van der Waals surface area contributed by atoms with Crippen LogP contribution >= 0.6 is 0 Å². The maximum atomic E-state index is 12.1. The van der Waals surface area contributed by atoms with E-state index in [2.05, 4.69) is 17.6 Å². The van der Waals surface area contributed by atoms with Gasteiger partial charge in [-0.3, -0.25) is 4.79 Å². The van der Waals surface area contributed by atoms with E-state index in [9.17, 15) is 4.79 Å². The lowest BCUT2D eigenvalue weighted by atomic mass is 9.92. The van der Waals surface area contributed by atoms with Crippen molar-refractivity contribution in [1.82, 2.24) is 10.6 Å². The quantitative estimate of drug-likeness (QED) is 0.855. The van der Waals surface area contributed by atoms with Gasteiger partial charge in [0.25, 0.3) is 0 Å². The molecule has 18 heavy (non-hydrogen) atoms. The zero-order valence-electron chi connectivity index (χ0n) is 11.1. The molecule has 100 valence electrons. The molecule has 0 spiro atoms. The summed E-state index contributed by atoms with van der Waals surface area (Å²) in [6.45, 7) is 5.08. The lowest BCUT2D eigenvalue weighted by Crippen LogP contribution is -2.52. The Bertz CT molecular complexity index is 375. The highest BCUT2D eigenvalue weighted by Crippen LogP contribution is 2.15. The molecule has 0 aromatic carbocycles. The van der Waals surface area contributed by atoms with Crippen LogP contribution in [0.1, 0.15) is 32.4 Å². The summed E-state index contributed by atoms with van der Waals surface area (Å²) in [6.07, 6.45) is 4.68. The van der Waals surface area contributed by atoms with Crippen molar-refractivity contribution in [3.8, 4) is 0 Å². The van der Waals surface area contributed by atoms with Crippen molar-refractivity contribution < 1.29 is 9.21 Å². The summed E-state index contributed by atoms with van der Waals surface area (Å²) in [7, 11) is 0. The molecule has 1 aliphatic heterocycles. The molecular formula is C14H22N2O2. The molecule has 1 aliphatic rings. The van der Waals surface area contributed by atoms with Gasteiger partial charge in [-0.05, 0) is 44.4 Å². The smallest absolute Gasteiger partial charge is 0.237 e. The van der Waals surface area contributed by atoms with Gasteiger partial charge in [0, 0.05) is 12.5 Å². The van der Waals surface area contributed by atoms with Crippen molar-refractivity contribution in [2.75, 3.05) is 6.54 Å². The fourth-order valence-electron chi connectivity index (χ4n) is 2.51. The van der Waals surface area contributed by atoms with Crippen LogP contribution in [0.25, 0.3) is 0 Å². The van der Waals surface area contributed by atoms with Crippen molar-refractivity contribution in [1.29, 1.82) is 0 Å². The van der Waals surface area contributed by atoms with Gasteiger partial charge < -0.3 is 15.1 Å². The van der Waals surface area contributed by atoms with Crippen LogP contribution in [-0.4, -0.2) is 24.5 Å². The van der Waals surface area contributed by atoms with Gasteiger partial charge in [-0.25, -0.2) is 0 Å². The number of rotatable bonds is 4. The predicted octanol–water partition coefficient (Wildman–Crippen LogP) is 1.71. The first-order valence-corrected chi connectivity index (χ1v) is 6.73. The van der Waals surface area contributed by atoms with Crippen LogP contribution in [0.3, 0.4) is 0 Å². The maximum absolute atomic E-state index is 12.1. The number of furan rings is 1. The van der Waals surface area contributed by atoms with Gasteiger partial charge in [-0.2, -0.15) is 0 Å². The van der Waals surface area contributed by atoms with Crippen molar-refractivity contribution >= 4 is 5.91 Å². The molecule has 2 N–H and O–H groups in total. The largest absolute Gasteiger partial charge is 0.469 e. The number of nitrogens with one attached hydrogen (secondary N) is 2. The Morgan fingerprint density at radius 2 is 2.50 bits per heavy atom. The number of piperidine rings is 1. The molecule has 1 amide bonds. The molecule has 0 bridgehead atoms. The van der Waals surface area contributed by atoms with E-state index >= 15 is 0 Å². The SMILES string of the molecule is CC(Cc1ccco1)NC(=O)C1NCCCC1C. The Kier molecular flexibility index (Phi) is 4.42. The second-order valence-corrected chi connectivity index (χ2v) is 5.24. The van der Waals surface area contributed by atoms with E-state index in [4.69, 9.17) is 4.42 Å². The number of hydrogen-bond donors (Lipinski definition) is 2. The summed E-state index contributed by atoms with van der Waals surface area (Å²) in [5, 5.41) is 6.35. The van der Waals surface area contributed by atoms with E-state index in [0.717, 1.165) is 31.6 Å². The molecule has 3 atom stereocenters. The Morgan fingerprint density at radius 3 is 3.17 bits per heavy atom. The van der Waals surface area contributed by atoms with E-state index in [1.807, 2.05) is 19.1 Å². The van der Waals surface area contributed by atoms with E-state index < -0.39 is 0 Å². The zero-order valence-corrected chi connectivity index (χ0v) is 11.1. The summed E-state index contributed by atoms with van der Waals surface area (Å²) in [5.41, 5.74) is 0. The molecule has 4 heteroatoms. The van der Waals surface area contributed by atoms with Gasteiger partial charge in [-0.1, -0.05) is 6.92 Å². The van der Waals surface area contributed by atoms with Crippen LogP contribution < -0.4 is 10.6 Å². The lowest BCUT2D eigenvalue weighted by molar-refractivity contribution is -0.125. The van der Waals surface area contributed by atoms with Gasteiger partial charge >= 0.3 is 0 Å². The normalized spacial score (nSPS) is 25.7. The van der Waals surface area contributed by atoms with Crippen LogP contribution in [0.15, 0.2) is 22.8 Å². The molecule has 2 heterocycles. The van der Waals surface area contributed by atoms with Crippen molar-refractivity contribution in [2.24, 2.45) is 5.92 Å². The van der Waals surface area contributed by atoms with Crippen LogP contribution in [-0.2, 0) is 11.2 Å². The van der Waals surface area contributed by atoms with Gasteiger partial charge in [0.2, 0.25) is 5.91 Å². The molecule has 3 unspecified atom stereocenters. The Balaban J connectivity index is 1.82. The van der Waals surface area contributed by atoms with E-state index in [0.29, 0.717) is 5.92 Å². The van der Waals surface area contributed by atoms with Gasteiger partial charge in [0.15, 0.2) is 0 Å². The number of carbonyl (C=O) groups is 1. The summed E-state index contributed by atoms with van der Waals surface area (Å²) in [6, 6.07) is 3.86. The monoisotopic (exact) mass is 250 g/mol. The maximum Gasteiger partial charge on any atom is 0.237 e. The third-order valence-electron chi connectivity index (χ3n) is 3.53. The molecule has 1 aromatic heterocycles. The third-order valence-corrected chi connectivity index (χ3v) is 3.53. The van der Waals surface area contributed by atoms with Gasteiger partial charge in [0.1, 0.15) is 5.76 Å². The molecule has 0 saturated carbocycles. The molecule has 2 rings (SSSR count). The van der Waals surface area contributed by atoms with Crippen LogP contribution in [0.4, 0.5) is 0 Å². The van der Waals surface area contributed by atoms with Crippen LogP contribution in [0, 0.1) is 5.92 Å². The van der Waals surface area contributed by atoms with Crippen molar-refractivity contribution in [3.63, 3.8) is 0 Å². The molecule has 0 aliphatic carbocycles. The fraction of sp³-hybridized carbons (Fsp3) is 0.643. The minimum Gasteiger partial charge on any atom is -0.469 e. The molecule has 1 saturated heterocycles. The van der Waals surface area contributed by atoms with Crippen molar-refractivity contribution in [3.05, 3.63) is 24.2 Å². The highest BCUT2D eigenvalue weighted by atomic mass is 16.3. The first kappa shape index (κ1) is 13.1. The standard InChI is InChI=1S/C14H22N2O2/c1-10-5-3-7-15-13(10)14(17)16-11(2)9-12-6-4-8-18-12/h4,6,8,10-11,13,15H,3,5,7,9H2,1-2H3,(H,16,17). The molecule has 0 radical (unpaired) electrons. The first-order valence-electron chi connectivity index (χ1n) is 6.73. The topological polar surface area (TPSA) is 54.3 Å². The van der Waals surface area contributed by atoms with E-state index in [1.54, 1.807) is 6.26 Å². The number of hydrogen-bond acceptors (Lipinski definition) is 3. The fourth-order valence-corrected chi connectivity index (χ4v) is 2.51. The lowest BCUT2D eigenvalue weighted by Gasteiger charge is -2.30. The van der Waals surface area contributed by atoms with E-state index in [1.165, 1.54) is 0 Å². The molecular weight excluding hydrogens is 228 g/mol. The molecule has 4 nitrogen and oxygen atoms in total. The Labute approximate surface area is 108 Å². The molecule has 1 aromatic rings. The third kappa shape index (κ3) is 3.35. The van der Waals surface area contributed by atoms with Crippen molar-refractivity contribution in [2.45, 2.75) is 45.2 Å². The van der Waals surface area contributed by atoms with Crippen LogP contribution in [0.2, 0.25) is 0 Å². The highest BCUT2D eigenvalue weighted by molar-refractivity contribution is 5.82. The zero-order chi connectivity index (χ0) is 13.0. The number of carbonyl (C=O) groups excluding carboxylic acids is 1. The minimum absolute atomic E-state index is 0.0437. The van der Waals surface area contributed by atoms with Gasteiger partial charge in [0.05, 0.1) is 12.3 Å². The number of amides is 1. The second-order valence-electron chi connectivity index (χ2n) is 5.24. The second kappa shape index (κ2) is 6.05. The average molecular weight is 250 g/mol. The summed E-state index contributed by atoms with van der Waals surface area (Å²) >= 11 is 0. The molecule has 1 fully saturated rings. The Morgan fingerprint density at radius 1 is 1.67 bits per heavy atom. The average Bonchev–Trinajstić information content (AvgIpc) is 2.82. The highest BCUT2D eigenvalue weighted by Gasteiger charge is 2.27. The Hall–Kier alpha value is -1.29. The van der Waals surface area contributed by atoms with Crippen LogP contribution in [0.5, 0.6) is 0 Å². The van der Waals surface area contributed by atoms with E-state index in [-0.39, 0.29) is 18.0 Å². The van der Waals surface area contributed by atoms with Gasteiger partial charge in [-0.15, -0.1) is 0 Å². The summed E-state index contributed by atoms with van der Waals surface area (Å²) in [4.78, 5) is 12.1.